The second kappa shape index (κ2) is 6.64. The van der Waals surface area contributed by atoms with Gasteiger partial charge in [-0.1, -0.05) is 23.2 Å². The van der Waals surface area contributed by atoms with Gasteiger partial charge in [-0.15, -0.1) is 0 Å². The van der Waals surface area contributed by atoms with Gasteiger partial charge < -0.3 is 4.90 Å². The molecule has 0 radical (unpaired) electrons. The molecule has 2 aliphatic rings. The highest BCUT2D eigenvalue weighted by Gasteiger charge is 2.50. The van der Waals surface area contributed by atoms with Gasteiger partial charge in [0, 0.05) is 55.0 Å². The third-order valence-corrected chi connectivity index (χ3v) is 6.78. The van der Waals surface area contributed by atoms with Crippen molar-refractivity contribution >= 4 is 39.1 Å². The molecule has 3 rings (SSSR count). The summed E-state index contributed by atoms with van der Waals surface area (Å²) in [6, 6.07) is 4.07. The molecule has 1 saturated heterocycles. The fourth-order valence-corrected chi connectivity index (χ4v) is 5.22. The van der Waals surface area contributed by atoms with Crippen LogP contribution in [0, 0.1) is 5.92 Å². The first-order valence-corrected chi connectivity index (χ1v) is 9.91. The van der Waals surface area contributed by atoms with Crippen molar-refractivity contribution in [3.05, 3.63) is 28.2 Å². The van der Waals surface area contributed by atoms with E-state index < -0.39 is 34.7 Å². The van der Waals surface area contributed by atoms with Gasteiger partial charge in [0.25, 0.3) is 0 Å². The maximum absolute atomic E-state index is 12.9. The molecule has 1 aliphatic carbocycles. The summed E-state index contributed by atoms with van der Waals surface area (Å²) >= 11 is 11.7. The molecule has 0 spiro atoms. The number of halogens is 4. The van der Waals surface area contributed by atoms with E-state index in [1.54, 1.807) is 0 Å². The highest BCUT2D eigenvalue weighted by Crippen LogP contribution is 2.43. The molecule has 10 heteroatoms. The molecule has 0 unspecified atom stereocenters. The van der Waals surface area contributed by atoms with Crippen LogP contribution in [-0.4, -0.2) is 55.6 Å². The van der Waals surface area contributed by atoms with Crippen molar-refractivity contribution in [1.29, 1.82) is 0 Å². The van der Waals surface area contributed by atoms with E-state index in [1.165, 1.54) is 27.4 Å². The molecule has 0 aromatic heterocycles. The number of benzene rings is 1. The molecule has 1 aromatic carbocycles. The monoisotopic (exact) mass is 412 g/mol. The Labute approximate surface area is 154 Å². The molecule has 5 nitrogen and oxygen atoms in total. The quantitative estimate of drug-likeness (QED) is 0.766. The Balaban J connectivity index is 1.64. The highest BCUT2D eigenvalue weighted by atomic mass is 35.5. The number of rotatable bonds is 3. The largest absolute Gasteiger partial charge is 0.340 e. The average molecular weight is 413 g/mol. The Bertz CT molecular complexity index is 768. The molecule has 0 atom stereocenters. The standard InChI is InChI=1S/C15H16Cl2F2N2O3S/c16-11-5-12(17)7-13(6-11)25(23,24)21-3-1-20(2-4-21)14(22)10-8-15(18,19)9-10/h5-7,10H,1-4,8-9H2. The Morgan fingerprint density at radius 2 is 1.56 bits per heavy atom. The zero-order valence-corrected chi connectivity index (χ0v) is 15.4. The van der Waals surface area contributed by atoms with E-state index in [9.17, 15) is 22.0 Å². The lowest BCUT2D eigenvalue weighted by molar-refractivity contribution is -0.160. The molecule has 2 fully saturated rings. The third kappa shape index (κ3) is 3.92. The number of nitrogens with zero attached hydrogens (tertiary/aromatic N) is 2. The van der Waals surface area contributed by atoms with Crippen LogP contribution in [0.5, 0.6) is 0 Å². The number of amides is 1. The lowest BCUT2D eigenvalue weighted by Gasteiger charge is -2.40. The van der Waals surface area contributed by atoms with E-state index in [2.05, 4.69) is 0 Å². The summed E-state index contributed by atoms with van der Waals surface area (Å²) in [7, 11) is -3.78. The maximum Gasteiger partial charge on any atom is 0.249 e. The van der Waals surface area contributed by atoms with Crippen LogP contribution in [0.3, 0.4) is 0 Å². The van der Waals surface area contributed by atoms with E-state index in [0.717, 1.165) is 0 Å². The zero-order valence-electron chi connectivity index (χ0n) is 13.1. The van der Waals surface area contributed by atoms with Crippen LogP contribution in [0.15, 0.2) is 23.1 Å². The number of carbonyl (C=O) groups excluding carboxylic acids is 1. The summed E-state index contributed by atoms with van der Waals surface area (Å²) < 4.78 is 52.4. The fourth-order valence-electron chi connectivity index (χ4n) is 3.07. The summed E-state index contributed by atoms with van der Waals surface area (Å²) in [6.07, 6.45) is -0.850. The van der Waals surface area contributed by atoms with Crippen molar-refractivity contribution in [2.45, 2.75) is 23.7 Å². The summed E-state index contributed by atoms with van der Waals surface area (Å²) in [6.45, 7) is 0.547. The molecule has 1 saturated carbocycles. The molecule has 1 aromatic rings. The molecular formula is C15H16Cl2F2N2O3S. The van der Waals surface area contributed by atoms with Crippen LogP contribution in [0.1, 0.15) is 12.8 Å². The molecule has 1 heterocycles. The fraction of sp³-hybridized carbons (Fsp3) is 0.533. The number of hydrogen-bond donors (Lipinski definition) is 0. The Morgan fingerprint density at radius 3 is 2.04 bits per heavy atom. The summed E-state index contributed by atoms with van der Waals surface area (Å²) in [5.74, 6) is -3.74. The normalized spacial score (nSPS) is 21.8. The maximum atomic E-state index is 12.9. The smallest absolute Gasteiger partial charge is 0.249 e. The predicted octanol–water partition coefficient (Wildman–Crippen LogP) is 2.87. The van der Waals surface area contributed by atoms with Gasteiger partial charge in [-0.05, 0) is 18.2 Å². The van der Waals surface area contributed by atoms with Crippen LogP contribution in [0.2, 0.25) is 10.0 Å². The van der Waals surface area contributed by atoms with E-state index in [-0.39, 0.29) is 47.0 Å². The summed E-state index contributed by atoms with van der Waals surface area (Å²) in [5, 5.41) is 0.427. The van der Waals surface area contributed by atoms with E-state index in [1.807, 2.05) is 0 Å². The lowest BCUT2D eigenvalue weighted by Crippen LogP contribution is -2.54. The van der Waals surface area contributed by atoms with Gasteiger partial charge in [0.15, 0.2) is 0 Å². The topological polar surface area (TPSA) is 57.7 Å². The van der Waals surface area contributed by atoms with Crippen LogP contribution >= 0.6 is 23.2 Å². The number of sulfonamides is 1. The number of alkyl halides is 2. The molecule has 25 heavy (non-hydrogen) atoms. The Morgan fingerprint density at radius 1 is 1.04 bits per heavy atom. The van der Waals surface area contributed by atoms with E-state index >= 15 is 0 Å². The molecule has 1 aliphatic heterocycles. The second-order valence-corrected chi connectivity index (χ2v) is 9.11. The Hall–Kier alpha value is -0.960. The molecule has 0 bridgehead atoms. The van der Waals surface area contributed by atoms with Gasteiger partial charge in [-0.3, -0.25) is 4.79 Å². The van der Waals surface area contributed by atoms with Gasteiger partial charge in [-0.2, -0.15) is 4.31 Å². The van der Waals surface area contributed by atoms with Crippen molar-refractivity contribution in [2.24, 2.45) is 5.92 Å². The lowest BCUT2D eigenvalue weighted by atomic mass is 9.80. The van der Waals surface area contributed by atoms with Crippen molar-refractivity contribution < 1.29 is 22.0 Å². The first kappa shape index (κ1) is 18.8. The first-order valence-electron chi connectivity index (χ1n) is 7.71. The average Bonchev–Trinajstić information content (AvgIpc) is 2.51. The number of piperazine rings is 1. The van der Waals surface area contributed by atoms with Gasteiger partial charge in [0.1, 0.15) is 0 Å². The second-order valence-electron chi connectivity index (χ2n) is 6.30. The minimum atomic E-state index is -3.78. The molecule has 138 valence electrons. The van der Waals surface area contributed by atoms with Gasteiger partial charge >= 0.3 is 0 Å². The van der Waals surface area contributed by atoms with Crippen LogP contribution in [0.25, 0.3) is 0 Å². The molecule has 1 amide bonds. The van der Waals surface area contributed by atoms with Gasteiger partial charge in [0.05, 0.1) is 4.90 Å². The first-order chi connectivity index (χ1) is 11.6. The number of hydrogen-bond acceptors (Lipinski definition) is 3. The molecular weight excluding hydrogens is 397 g/mol. The minimum Gasteiger partial charge on any atom is -0.340 e. The summed E-state index contributed by atoms with van der Waals surface area (Å²) in [4.78, 5) is 13.6. The predicted molar refractivity (Wildman–Crippen MR) is 89.5 cm³/mol. The van der Waals surface area contributed by atoms with Crippen LogP contribution < -0.4 is 0 Å². The SMILES string of the molecule is O=C(C1CC(F)(F)C1)N1CCN(S(=O)(=O)c2cc(Cl)cc(Cl)c2)CC1. The van der Waals surface area contributed by atoms with Crippen LogP contribution in [0.4, 0.5) is 8.78 Å². The van der Waals surface area contributed by atoms with E-state index in [4.69, 9.17) is 23.2 Å². The van der Waals surface area contributed by atoms with Crippen molar-refractivity contribution in [3.63, 3.8) is 0 Å². The highest BCUT2D eigenvalue weighted by molar-refractivity contribution is 7.89. The van der Waals surface area contributed by atoms with Crippen molar-refractivity contribution in [3.8, 4) is 0 Å². The van der Waals surface area contributed by atoms with Gasteiger partial charge in [0.2, 0.25) is 21.9 Å². The van der Waals surface area contributed by atoms with E-state index in [0.29, 0.717) is 0 Å². The zero-order chi connectivity index (χ0) is 18.4. The third-order valence-electron chi connectivity index (χ3n) is 4.46. The summed E-state index contributed by atoms with van der Waals surface area (Å²) in [5.41, 5.74) is 0. The molecule has 0 N–H and O–H groups in total. The number of carbonyl (C=O) groups is 1. The van der Waals surface area contributed by atoms with Crippen LogP contribution in [-0.2, 0) is 14.8 Å². The van der Waals surface area contributed by atoms with Crippen molar-refractivity contribution in [2.75, 3.05) is 26.2 Å². The van der Waals surface area contributed by atoms with Gasteiger partial charge in [-0.25, -0.2) is 17.2 Å². The Kier molecular flexibility index (Phi) is 5.00. The minimum absolute atomic E-state index is 0.0107. The van der Waals surface area contributed by atoms with Crippen molar-refractivity contribution in [1.82, 2.24) is 9.21 Å².